The van der Waals surface area contributed by atoms with Crippen LogP contribution in [0.1, 0.15) is 37.5 Å². The van der Waals surface area contributed by atoms with Crippen molar-refractivity contribution in [3.63, 3.8) is 0 Å². The van der Waals surface area contributed by atoms with Crippen molar-refractivity contribution in [2.75, 3.05) is 0 Å². The summed E-state index contributed by atoms with van der Waals surface area (Å²) in [6, 6.07) is 4.09. The Labute approximate surface area is 112 Å². The van der Waals surface area contributed by atoms with Gasteiger partial charge in [0.1, 0.15) is 11.9 Å². The van der Waals surface area contributed by atoms with Crippen LogP contribution in [0.3, 0.4) is 0 Å². The fraction of sp³-hybridized carbons (Fsp3) is 0.462. The van der Waals surface area contributed by atoms with Crippen LogP contribution in [0.4, 0.5) is 0 Å². The zero-order chi connectivity index (χ0) is 13.2. The molecule has 0 aliphatic rings. The van der Waals surface area contributed by atoms with E-state index in [1.807, 2.05) is 44.6 Å². The highest BCUT2D eigenvalue weighted by atomic mass is 32.1. The number of nitrogens with one attached hydrogen (secondary N) is 1. The molecule has 2 rings (SSSR count). The van der Waals surface area contributed by atoms with Crippen LogP contribution in [0, 0.1) is 0 Å². The van der Waals surface area contributed by atoms with Gasteiger partial charge in [-0.1, -0.05) is 6.07 Å². The Bertz CT molecular complexity index is 485. The third kappa shape index (κ3) is 3.19. The number of imidazole rings is 1. The fourth-order valence-electron chi connectivity index (χ4n) is 1.58. The lowest BCUT2D eigenvalue weighted by atomic mass is 10.2. The lowest BCUT2D eigenvalue weighted by molar-refractivity contribution is -0.0844. The summed E-state index contributed by atoms with van der Waals surface area (Å²) < 4.78 is 2.00. The number of aromatic nitrogens is 2. The minimum atomic E-state index is -0.235. The molecule has 0 aliphatic heterocycles. The molecule has 0 radical (unpaired) electrons. The van der Waals surface area contributed by atoms with Gasteiger partial charge >= 0.3 is 0 Å². The van der Waals surface area contributed by atoms with Gasteiger partial charge < -0.3 is 4.57 Å². The minimum absolute atomic E-state index is 0.0378. The van der Waals surface area contributed by atoms with E-state index in [0.29, 0.717) is 0 Å². The molecule has 0 fully saturated rings. The predicted molar refractivity (Wildman–Crippen MR) is 73.3 cm³/mol. The highest BCUT2D eigenvalue weighted by Crippen LogP contribution is 2.25. The van der Waals surface area contributed by atoms with Gasteiger partial charge in [-0.3, -0.25) is 4.84 Å². The topological polar surface area (TPSA) is 39.1 Å². The predicted octanol–water partition coefficient (Wildman–Crippen LogP) is 2.89. The first kappa shape index (κ1) is 13.3. The number of thiophene rings is 1. The summed E-state index contributed by atoms with van der Waals surface area (Å²) in [5.41, 5.74) is 2.90. The third-order valence-corrected chi connectivity index (χ3v) is 3.36. The summed E-state index contributed by atoms with van der Waals surface area (Å²) in [5, 5.41) is 2.06. The van der Waals surface area contributed by atoms with Gasteiger partial charge in [0, 0.05) is 24.3 Å². The van der Waals surface area contributed by atoms with Crippen molar-refractivity contribution in [2.24, 2.45) is 7.05 Å². The molecule has 2 aromatic rings. The van der Waals surface area contributed by atoms with Gasteiger partial charge in [-0.05, 0) is 32.2 Å². The molecule has 5 heteroatoms. The van der Waals surface area contributed by atoms with Gasteiger partial charge in [-0.2, -0.15) is 5.48 Å². The van der Waals surface area contributed by atoms with Crippen LogP contribution in [0.15, 0.2) is 29.9 Å². The highest BCUT2D eigenvalue weighted by molar-refractivity contribution is 7.10. The molecule has 98 valence electrons. The molecular weight excluding hydrogens is 246 g/mol. The van der Waals surface area contributed by atoms with E-state index in [1.54, 1.807) is 17.5 Å². The standard InChI is InChI=1S/C13H19N3OS/c1-13(2,3)17-15-11(10-6-5-9-18-10)12-14-7-8-16(12)4/h5-9,11,15H,1-4H3. The summed E-state index contributed by atoms with van der Waals surface area (Å²) in [4.78, 5) is 11.3. The Morgan fingerprint density at radius 3 is 2.72 bits per heavy atom. The number of hydrogen-bond acceptors (Lipinski definition) is 4. The van der Waals surface area contributed by atoms with Crippen LogP contribution in [0.25, 0.3) is 0 Å². The second-order valence-electron chi connectivity index (χ2n) is 5.18. The second kappa shape index (κ2) is 5.22. The Morgan fingerprint density at radius 2 is 2.22 bits per heavy atom. The molecule has 2 heterocycles. The normalized spacial score (nSPS) is 13.8. The van der Waals surface area contributed by atoms with E-state index in [0.717, 1.165) is 5.82 Å². The van der Waals surface area contributed by atoms with E-state index in [4.69, 9.17) is 4.84 Å². The van der Waals surface area contributed by atoms with E-state index in [2.05, 4.69) is 21.9 Å². The van der Waals surface area contributed by atoms with Crippen molar-refractivity contribution in [3.8, 4) is 0 Å². The molecule has 0 amide bonds. The third-order valence-electron chi connectivity index (χ3n) is 2.43. The van der Waals surface area contributed by atoms with Crippen LogP contribution in [-0.2, 0) is 11.9 Å². The van der Waals surface area contributed by atoms with E-state index in [-0.39, 0.29) is 11.6 Å². The first-order chi connectivity index (χ1) is 8.47. The van der Waals surface area contributed by atoms with Crippen LogP contribution in [0.2, 0.25) is 0 Å². The SMILES string of the molecule is Cn1ccnc1C(NOC(C)(C)C)c1cccs1. The van der Waals surface area contributed by atoms with Crippen LogP contribution < -0.4 is 5.48 Å². The van der Waals surface area contributed by atoms with E-state index in [9.17, 15) is 0 Å². The van der Waals surface area contributed by atoms with Crippen molar-refractivity contribution in [1.82, 2.24) is 15.0 Å². The molecule has 0 saturated heterocycles. The van der Waals surface area contributed by atoms with Crippen molar-refractivity contribution < 1.29 is 4.84 Å². The Kier molecular flexibility index (Phi) is 3.85. The summed E-state index contributed by atoms with van der Waals surface area (Å²) in [5.74, 6) is 0.946. The van der Waals surface area contributed by atoms with Gasteiger partial charge in [-0.15, -0.1) is 11.3 Å². The molecule has 4 nitrogen and oxygen atoms in total. The molecule has 0 aliphatic carbocycles. The second-order valence-corrected chi connectivity index (χ2v) is 6.16. The van der Waals surface area contributed by atoms with E-state index < -0.39 is 0 Å². The highest BCUT2D eigenvalue weighted by Gasteiger charge is 2.22. The maximum Gasteiger partial charge on any atom is 0.133 e. The number of hydrogen-bond donors (Lipinski definition) is 1. The summed E-state index contributed by atoms with van der Waals surface area (Å²) in [7, 11) is 1.99. The van der Waals surface area contributed by atoms with Crippen molar-refractivity contribution in [1.29, 1.82) is 0 Å². The summed E-state index contributed by atoms with van der Waals surface area (Å²) in [6.45, 7) is 6.05. The molecule has 0 spiro atoms. The van der Waals surface area contributed by atoms with Crippen molar-refractivity contribution in [3.05, 3.63) is 40.6 Å². The average Bonchev–Trinajstić information content (AvgIpc) is 2.90. The number of rotatable bonds is 4. The zero-order valence-electron chi connectivity index (χ0n) is 11.2. The fourth-order valence-corrected chi connectivity index (χ4v) is 2.35. The molecular formula is C13H19N3OS. The lowest BCUT2D eigenvalue weighted by Gasteiger charge is -2.24. The van der Waals surface area contributed by atoms with Gasteiger partial charge in [0.2, 0.25) is 0 Å². The van der Waals surface area contributed by atoms with Gasteiger partial charge in [0.05, 0.1) is 5.60 Å². The molecule has 0 saturated carbocycles. The van der Waals surface area contributed by atoms with Crippen molar-refractivity contribution in [2.45, 2.75) is 32.4 Å². The zero-order valence-corrected chi connectivity index (χ0v) is 12.0. The van der Waals surface area contributed by atoms with Gasteiger partial charge in [-0.25, -0.2) is 4.98 Å². The average molecular weight is 265 g/mol. The Hall–Kier alpha value is -1.17. The maximum atomic E-state index is 5.70. The van der Waals surface area contributed by atoms with Crippen LogP contribution in [-0.4, -0.2) is 15.2 Å². The van der Waals surface area contributed by atoms with E-state index in [1.165, 1.54) is 4.88 Å². The summed E-state index contributed by atoms with van der Waals surface area (Å²) >= 11 is 1.69. The minimum Gasteiger partial charge on any atom is -0.336 e. The number of nitrogens with zero attached hydrogens (tertiary/aromatic N) is 2. The first-order valence-electron chi connectivity index (χ1n) is 5.91. The molecule has 0 aromatic carbocycles. The molecule has 1 N–H and O–H groups in total. The number of hydroxylamine groups is 1. The molecule has 2 aromatic heterocycles. The van der Waals surface area contributed by atoms with Gasteiger partial charge in [0.25, 0.3) is 0 Å². The van der Waals surface area contributed by atoms with Gasteiger partial charge in [0.15, 0.2) is 0 Å². The molecule has 1 unspecified atom stereocenters. The number of aryl methyl sites for hydroxylation is 1. The van der Waals surface area contributed by atoms with E-state index >= 15 is 0 Å². The van der Waals surface area contributed by atoms with Crippen molar-refractivity contribution >= 4 is 11.3 Å². The maximum absolute atomic E-state index is 5.70. The monoisotopic (exact) mass is 265 g/mol. The van der Waals surface area contributed by atoms with Crippen LogP contribution >= 0.6 is 11.3 Å². The molecule has 1 atom stereocenters. The largest absolute Gasteiger partial charge is 0.336 e. The Morgan fingerprint density at radius 1 is 1.44 bits per heavy atom. The quantitative estimate of drug-likeness (QED) is 0.864. The molecule has 18 heavy (non-hydrogen) atoms. The molecule has 0 bridgehead atoms. The smallest absolute Gasteiger partial charge is 0.133 e. The summed E-state index contributed by atoms with van der Waals surface area (Å²) in [6.07, 6.45) is 3.74. The Balaban J connectivity index is 2.22. The van der Waals surface area contributed by atoms with Crippen LogP contribution in [0.5, 0.6) is 0 Å². The first-order valence-corrected chi connectivity index (χ1v) is 6.79. The lowest BCUT2D eigenvalue weighted by Crippen LogP contribution is -2.33.